The molecule has 4 rings (SSSR count). The third kappa shape index (κ3) is 10.5. The summed E-state index contributed by atoms with van der Waals surface area (Å²) in [4.78, 5) is 27.1. The van der Waals surface area contributed by atoms with Crippen LogP contribution in [0.3, 0.4) is 0 Å². The van der Waals surface area contributed by atoms with E-state index >= 15 is 0 Å². The van der Waals surface area contributed by atoms with Crippen molar-refractivity contribution in [1.82, 2.24) is 15.0 Å². The Hall–Kier alpha value is -4.00. The van der Waals surface area contributed by atoms with Gasteiger partial charge >= 0.3 is 11.9 Å². The number of hydrogen-bond acceptors (Lipinski definition) is 6. The van der Waals surface area contributed by atoms with E-state index in [4.69, 9.17) is 19.7 Å². The molecular formula is C44H61N3O4. The molecule has 0 aliphatic rings. The van der Waals surface area contributed by atoms with Gasteiger partial charge in [-0.05, 0) is 79.0 Å². The van der Waals surface area contributed by atoms with Crippen LogP contribution in [-0.4, -0.2) is 40.6 Å². The predicted octanol–water partition coefficient (Wildman–Crippen LogP) is 10.9. The standard InChI is InChI=1S/C44H61N3O4/c1-11-12-17-33(40(48)50-10)30-44(8,9)41(49)51-29-16-14-13-15-28-47-45-38-36(31-18-22-34(23-19-31)42(2,3)4)26-27-37(39(38)46-47)32-20-24-35(25-21-32)43(5,6)7/h18-27,33H,11-17,28-30H2,1-10H3. The summed E-state index contributed by atoms with van der Waals surface area (Å²) in [5.41, 5.74) is 8.28. The summed E-state index contributed by atoms with van der Waals surface area (Å²) in [6, 6.07) is 22.0. The van der Waals surface area contributed by atoms with Gasteiger partial charge in [-0.2, -0.15) is 15.0 Å². The molecule has 0 bridgehead atoms. The molecule has 1 heterocycles. The SMILES string of the molecule is CCCCC(CC(C)(C)C(=O)OCCCCCCn1nc2c(-c3ccc(C(C)(C)C)cc3)ccc(-c3ccc(C(C)(C)C)cc3)c2n1)C(=O)OC. The molecule has 276 valence electrons. The molecule has 0 aliphatic heterocycles. The van der Waals surface area contributed by atoms with Gasteiger partial charge < -0.3 is 9.47 Å². The Kier molecular flexibility index (Phi) is 13.3. The number of carbonyl (C=O) groups is 2. The maximum atomic E-state index is 12.9. The second-order valence-corrected chi connectivity index (χ2v) is 16.8. The number of esters is 2. The molecule has 0 radical (unpaired) electrons. The van der Waals surface area contributed by atoms with Gasteiger partial charge in [0.1, 0.15) is 11.0 Å². The summed E-state index contributed by atoms with van der Waals surface area (Å²) in [5.74, 6) is -0.797. The average Bonchev–Trinajstić information content (AvgIpc) is 3.52. The van der Waals surface area contributed by atoms with E-state index in [1.54, 1.807) is 0 Å². The Balaban J connectivity index is 1.41. The molecule has 0 fully saturated rings. The van der Waals surface area contributed by atoms with Crippen molar-refractivity contribution in [2.24, 2.45) is 11.3 Å². The summed E-state index contributed by atoms with van der Waals surface area (Å²) in [5, 5.41) is 10.1. The van der Waals surface area contributed by atoms with Gasteiger partial charge in [-0.25, -0.2) is 0 Å². The minimum Gasteiger partial charge on any atom is -0.469 e. The predicted molar refractivity (Wildman–Crippen MR) is 209 cm³/mol. The minimum absolute atomic E-state index is 0.0849. The first-order chi connectivity index (χ1) is 24.0. The number of aryl methyl sites for hydroxylation is 1. The smallest absolute Gasteiger partial charge is 0.311 e. The molecule has 7 nitrogen and oxygen atoms in total. The number of ether oxygens (including phenoxy) is 2. The third-order valence-electron chi connectivity index (χ3n) is 9.94. The molecule has 0 amide bonds. The van der Waals surface area contributed by atoms with Crippen LogP contribution >= 0.6 is 0 Å². The van der Waals surface area contributed by atoms with Crippen LogP contribution in [0.15, 0.2) is 60.7 Å². The number of benzene rings is 3. The maximum Gasteiger partial charge on any atom is 0.311 e. The summed E-state index contributed by atoms with van der Waals surface area (Å²) < 4.78 is 10.7. The fourth-order valence-electron chi connectivity index (χ4n) is 6.59. The Morgan fingerprint density at radius 1 is 0.686 bits per heavy atom. The van der Waals surface area contributed by atoms with E-state index in [0.29, 0.717) is 19.6 Å². The van der Waals surface area contributed by atoms with Gasteiger partial charge in [-0.1, -0.05) is 128 Å². The van der Waals surface area contributed by atoms with Crippen molar-refractivity contribution in [2.45, 2.75) is 131 Å². The lowest BCUT2D eigenvalue weighted by Gasteiger charge is -2.26. The lowest BCUT2D eigenvalue weighted by atomic mass is 9.81. The number of methoxy groups -OCH3 is 1. The lowest BCUT2D eigenvalue weighted by Crippen LogP contribution is -2.32. The normalized spacial score (nSPS) is 13.0. The van der Waals surface area contributed by atoms with Crippen LogP contribution < -0.4 is 0 Å². The molecule has 0 saturated carbocycles. The molecule has 1 aromatic heterocycles. The number of hydrogen-bond donors (Lipinski definition) is 0. The van der Waals surface area contributed by atoms with Gasteiger partial charge in [0.2, 0.25) is 0 Å². The molecule has 1 atom stereocenters. The quantitative estimate of drug-likeness (QED) is 0.0857. The highest BCUT2D eigenvalue weighted by Gasteiger charge is 2.35. The van der Waals surface area contributed by atoms with E-state index in [2.05, 4.69) is 109 Å². The summed E-state index contributed by atoms with van der Waals surface area (Å²) in [6.07, 6.45) is 6.69. The van der Waals surface area contributed by atoms with E-state index in [1.165, 1.54) is 18.2 Å². The number of nitrogens with zero attached hydrogens (tertiary/aromatic N) is 3. The number of fused-ring (bicyclic) bond motifs is 1. The highest BCUT2D eigenvalue weighted by Crippen LogP contribution is 2.36. The molecule has 0 spiro atoms. The van der Waals surface area contributed by atoms with E-state index in [1.807, 2.05) is 18.6 Å². The average molecular weight is 696 g/mol. The van der Waals surface area contributed by atoms with Gasteiger partial charge in [-0.3, -0.25) is 9.59 Å². The van der Waals surface area contributed by atoms with Crippen molar-refractivity contribution >= 4 is 23.0 Å². The van der Waals surface area contributed by atoms with Crippen LogP contribution in [0.25, 0.3) is 33.3 Å². The Bertz CT molecular complexity index is 1640. The van der Waals surface area contributed by atoms with Crippen LogP contribution in [0.2, 0.25) is 0 Å². The fourth-order valence-corrected chi connectivity index (χ4v) is 6.59. The zero-order valence-electron chi connectivity index (χ0n) is 32.9. The Morgan fingerprint density at radius 3 is 1.63 bits per heavy atom. The van der Waals surface area contributed by atoms with Crippen molar-refractivity contribution in [1.29, 1.82) is 0 Å². The summed E-state index contributed by atoms with van der Waals surface area (Å²) >= 11 is 0. The molecule has 0 N–H and O–H groups in total. The second kappa shape index (κ2) is 17.0. The Morgan fingerprint density at radius 2 is 1.18 bits per heavy atom. The zero-order valence-corrected chi connectivity index (χ0v) is 32.9. The monoisotopic (exact) mass is 695 g/mol. The van der Waals surface area contributed by atoms with Crippen LogP contribution in [0.5, 0.6) is 0 Å². The van der Waals surface area contributed by atoms with Gasteiger partial charge in [0.25, 0.3) is 0 Å². The molecule has 3 aromatic carbocycles. The summed E-state index contributed by atoms with van der Waals surface area (Å²) in [7, 11) is 1.41. The van der Waals surface area contributed by atoms with Gasteiger partial charge in [0, 0.05) is 11.1 Å². The number of rotatable bonds is 16. The molecule has 51 heavy (non-hydrogen) atoms. The highest BCUT2D eigenvalue weighted by atomic mass is 16.5. The molecule has 4 aromatic rings. The molecule has 0 saturated heterocycles. The first-order valence-corrected chi connectivity index (χ1v) is 18.9. The van der Waals surface area contributed by atoms with Crippen molar-refractivity contribution in [3.05, 3.63) is 71.8 Å². The summed E-state index contributed by atoms with van der Waals surface area (Å²) in [6.45, 7) is 20.3. The van der Waals surface area contributed by atoms with Crippen molar-refractivity contribution in [3.8, 4) is 22.3 Å². The number of unbranched alkanes of at least 4 members (excludes halogenated alkanes) is 4. The van der Waals surface area contributed by atoms with Crippen LogP contribution in [0, 0.1) is 11.3 Å². The second-order valence-electron chi connectivity index (χ2n) is 16.8. The van der Waals surface area contributed by atoms with Gasteiger partial charge in [0.05, 0.1) is 31.6 Å². The largest absolute Gasteiger partial charge is 0.469 e. The van der Waals surface area contributed by atoms with Gasteiger partial charge in [0.15, 0.2) is 0 Å². The van der Waals surface area contributed by atoms with Crippen LogP contribution in [0.4, 0.5) is 0 Å². The van der Waals surface area contributed by atoms with Crippen LogP contribution in [0.1, 0.15) is 125 Å². The lowest BCUT2D eigenvalue weighted by molar-refractivity contribution is -0.157. The fraction of sp³-hybridized carbons (Fsp3) is 0.545. The van der Waals surface area contributed by atoms with E-state index < -0.39 is 5.41 Å². The van der Waals surface area contributed by atoms with Crippen LogP contribution in [-0.2, 0) is 36.4 Å². The third-order valence-corrected chi connectivity index (χ3v) is 9.94. The first-order valence-electron chi connectivity index (χ1n) is 18.9. The van der Waals surface area contributed by atoms with E-state index in [0.717, 1.165) is 78.2 Å². The van der Waals surface area contributed by atoms with Crippen molar-refractivity contribution in [2.75, 3.05) is 13.7 Å². The Labute approximate surface area is 306 Å². The van der Waals surface area contributed by atoms with Crippen molar-refractivity contribution < 1.29 is 19.1 Å². The van der Waals surface area contributed by atoms with Crippen molar-refractivity contribution in [3.63, 3.8) is 0 Å². The molecule has 0 aliphatic carbocycles. The zero-order chi connectivity index (χ0) is 37.4. The van der Waals surface area contributed by atoms with Gasteiger partial charge in [-0.15, -0.1) is 0 Å². The van der Waals surface area contributed by atoms with E-state index in [9.17, 15) is 9.59 Å². The molecule has 1 unspecified atom stereocenters. The topological polar surface area (TPSA) is 83.3 Å². The minimum atomic E-state index is -0.749. The molecular weight excluding hydrogens is 635 g/mol. The van der Waals surface area contributed by atoms with E-state index in [-0.39, 0.29) is 28.7 Å². The highest BCUT2D eigenvalue weighted by molar-refractivity contribution is 6.00. The maximum absolute atomic E-state index is 12.9. The number of carbonyl (C=O) groups excluding carboxylic acids is 2. The number of aromatic nitrogens is 3. The molecule has 7 heteroatoms. The first kappa shape index (κ1) is 39.8.